The average Bonchev–Trinajstić information content (AvgIpc) is 2.49. The number of amides is 1. The second kappa shape index (κ2) is 6.85. The van der Waals surface area contributed by atoms with Gasteiger partial charge in [0.2, 0.25) is 0 Å². The van der Waals surface area contributed by atoms with Crippen molar-refractivity contribution in [3.05, 3.63) is 17.8 Å². The first-order valence-corrected chi connectivity index (χ1v) is 7.57. The van der Waals surface area contributed by atoms with Gasteiger partial charge in [-0.2, -0.15) is 0 Å². The molecule has 2 N–H and O–H groups in total. The van der Waals surface area contributed by atoms with Crippen LogP contribution in [0.5, 0.6) is 0 Å². The van der Waals surface area contributed by atoms with Gasteiger partial charge in [0, 0.05) is 13.1 Å². The van der Waals surface area contributed by atoms with E-state index < -0.39 is 0 Å². The van der Waals surface area contributed by atoms with E-state index in [0.29, 0.717) is 18.1 Å². The van der Waals surface area contributed by atoms with E-state index >= 15 is 0 Å². The molecule has 21 heavy (non-hydrogen) atoms. The Hall–Kier alpha value is -1.69. The third-order valence-electron chi connectivity index (χ3n) is 4.12. The maximum atomic E-state index is 12.1. The molecule has 1 aromatic heterocycles. The Morgan fingerprint density at radius 1 is 1.33 bits per heavy atom. The van der Waals surface area contributed by atoms with Gasteiger partial charge in [0.25, 0.3) is 5.91 Å². The number of hydrogen-bond acceptors (Lipinski definition) is 5. The minimum atomic E-state index is -0.147. The van der Waals surface area contributed by atoms with Crippen molar-refractivity contribution in [3.8, 4) is 0 Å². The highest BCUT2D eigenvalue weighted by Crippen LogP contribution is 2.29. The van der Waals surface area contributed by atoms with Crippen molar-refractivity contribution in [2.75, 3.05) is 38.5 Å². The fourth-order valence-electron chi connectivity index (χ4n) is 2.45. The first-order valence-electron chi connectivity index (χ1n) is 7.57. The van der Waals surface area contributed by atoms with Crippen LogP contribution in [-0.4, -0.2) is 54.2 Å². The first kappa shape index (κ1) is 15.7. The predicted molar refractivity (Wildman–Crippen MR) is 83.4 cm³/mol. The summed E-state index contributed by atoms with van der Waals surface area (Å²) in [7, 11) is 2.14. The molecule has 1 fully saturated rings. The summed E-state index contributed by atoms with van der Waals surface area (Å²) in [6.07, 6.45) is 2.21. The third-order valence-corrected chi connectivity index (χ3v) is 4.12. The largest absolute Gasteiger partial charge is 0.369 e. The molecule has 0 atom stereocenters. The molecule has 1 amide bonds. The summed E-state index contributed by atoms with van der Waals surface area (Å²) in [5.74, 6) is 0.544. The van der Waals surface area contributed by atoms with Crippen LogP contribution >= 0.6 is 0 Å². The molecule has 0 bridgehead atoms. The SMILES string of the molecule is CCNc1ccc(C(=O)NCC2(C)CCN(C)CC2)nn1. The average molecular weight is 291 g/mol. The molecule has 6 heteroatoms. The zero-order chi connectivity index (χ0) is 15.3. The molecule has 2 heterocycles. The molecule has 0 radical (unpaired) electrons. The fraction of sp³-hybridized carbons (Fsp3) is 0.667. The maximum absolute atomic E-state index is 12.1. The zero-order valence-corrected chi connectivity index (χ0v) is 13.1. The van der Waals surface area contributed by atoms with Gasteiger partial charge >= 0.3 is 0 Å². The van der Waals surface area contributed by atoms with Crippen LogP contribution < -0.4 is 10.6 Å². The van der Waals surface area contributed by atoms with Crippen LogP contribution in [0, 0.1) is 5.41 Å². The van der Waals surface area contributed by atoms with Crippen molar-refractivity contribution < 1.29 is 4.79 Å². The zero-order valence-electron chi connectivity index (χ0n) is 13.1. The quantitative estimate of drug-likeness (QED) is 0.857. The summed E-state index contributed by atoms with van der Waals surface area (Å²) in [4.78, 5) is 14.4. The van der Waals surface area contributed by atoms with Crippen LogP contribution in [0.25, 0.3) is 0 Å². The van der Waals surface area contributed by atoms with Crippen molar-refractivity contribution in [2.45, 2.75) is 26.7 Å². The Bertz CT molecular complexity index is 465. The molecule has 6 nitrogen and oxygen atoms in total. The van der Waals surface area contributed by atoms with Crippen molar-refractivity contribution in [2.24, 2.45) is 5.41 Å². The van der Waals surface area contributed by atoms with E-state index in [4.69, 9.17) is 0 Å². The Morgan fingerprint density at radius 3 is 2.62 bits per heavy atom. The molecule has 116 valence electrons. The van der Waals surface area contributed by atoms with E-state index in [1.807, 2.05) is 6.92 Å². The summed E-state index contributed by atoms with van der Waals surface area (Å²) in [6.45, 7) is 7.88. The topological polar surface area (TPSA) is 70.2 Å². The van der Waals surface area contributed by atoms with Gasteiger partial charge in [0.1, 0.15) is 5.82 Å². The van der Waals surface area contributed by atoms with Gasteiger partial charge < -0.3 is 15.5 Å². The van der Waals surface area contributed by atoms with Crippen molar-refractivity contribution >= 4 is 11.7 Å². The molecule has 1 aliphatic rings. The second-order valence-corrected chi connectivity index (χ2v) is 6.13. The summed E-state index contributed by atoms with van der Waals surface area (Å²) >= 11 is 0. The van der Waals surface area contributed by atoms with Gasteiger partial charge in [-0.05, 0) is 57.5 Å². The number of aromatic nitrogens is 2. The standard InChI is InChI=1S/C15H25N5O/c1-4-16-13-6-5-12(18-19-13)14(21)17-11-15(2)7-9-20(3)10-8-15/h5-6H,4,7-11H2,1-3H3,(H,16,19)(H,17,21). The van der Waals surface area contributed by atoms with Gasteiger partial charge in [-0.15, -0.1) is 10.2 Å². The highest BCUT2D eigenvalue weighted by Gasteiger charge is 2.29. The Labute approximate surface area is 126 Å². The summed E-state index contributed by atoms with van der Waals surface area (Å²) in [6, 6.07) is 3.49. The molecule has 0 aliphatic carbocycles. The molecule has 0 aromatic carbocycles. The normalized spacial score (nSPS) is 18.2. The summed E-state index contributed by atoms with van der Waals surface area (Å²) in [5.41, 5.74) is 0.549. The smallest absolute Gasteiger partial charge is 0.271 e. The van der Waals surface area contributed by atoms with E-state index in [1.54, 1.807) is 12.1 Å². The monoisotopic (exact) mass is 291 g/mol. The van der Waals surface area contributed by atoms with Crippen LogP contribution in [0.15, 0.2) is 12.1 Å². The minimum Gasteiger partial charge on any atom is -0.369 e. The highest BCUT2D eigenvalue weighted by atomic mass is 16.1. The third kappa shape index (κ3) is 4.39. The molecule has 0 unspecified atom stereocenters. The van der Waals surface area contributed by atoms with Crippen molar-refractivity contribution in [1.29, 1.82) is 0 Å². The Morgan fingerprint density at radius 2 is 2.05 bits per heavy atom. The number of carbonyl (C=O) groups excluding carboxylic acids is 1. The van der Waals surface area contributed by atoms with Crippen molar-refractivity contribution in [1.82, 2.24) is 20.4 Å². The maximum Gasteiger partial charge on any atom is 0.271 e. The fourth-order valence-corrected chi connectivity index (χ4v) is 2.45. The number of piperidine rings is 1. The molecular weight excluding hydrogens is 266 g/mol. The van der Waals surface area contributed by atoms with E-state index in [1.165, 1.54) is 0 Å². The number of nitrogens with zero attached hydrogens (tertiary/aromatic N) is 3. The van der Waals surface area contributed by atoms with Gasteiger partial charge in [0.05, 0.1) is 0 Å². The Balaban J connectivity index is 1.86. The van der Waals surface area contributed by atoms with Crippen molar-refractivity contribution in [3.63, 3.8) is 0 Å². The lowest BCUT2D eigenvalue weighted by atomic mass is 9.80. The lowest BCUT2D eigenvalue weighted by Gasteiger charge is -2.37. The lowest BCUT2D eigenvalue weighted by Crippen LogP contribution is -2.43. The highest BCUT2D eigenvalue weighted by molar-refractivity contribution is 5.92. The molecule has 0 spiro atoms. The number of carbonyl (C=O) groups is 1. The predicted octanol–water partition coefficient (Wildman–Crippen LogP) is 1.37. The van der Waals surface area contributed by atoms with E-state index in [0.717, 1.165) is 32.5 Å². The molecule has 1 aliphatic heterocycles. The van der Waals surface area contributed by atoms with Crippen LogP contribution in [0.3, 0.4) is 0 Å². The minimum absolute atomic E-state index is 0.147. The van der Waals surface area contributed by atoms with Crippen LogP contribution in [-0.2, 0) is 0 Å². The molecule has 0 saturated carbocycles. The number of anilines is 1. The van der Waals surface area contributed by atoms with E-state index in [-0.39, 0.29) is 11.3 Å². The van der Waals surface area contributed by atoms with Gasteiger partial charge in [-0.1, -0.05) is 6.92 Å². The van der Waals surface area contributed by atoms with Crippen LogP contribution in [0.2, 0.25) is 0 Å². The van der Waals surface area contributed by atoms with E-state index in [9.17, 15) is 4.79 Å². The van der Waals surface area contributed by atoms with Gasteiger partial charge in [0.15, 0.2) is 5.69 Å². The van der Waals surface area contributed by atoms with Crippen LogP contribution in [0.4, 0.5) is 5.82 Å². The molecular formula is C15H25N5O. The summed E-state index contributed by atoms with van der Waals surface area (Å²) in [5, 5.41) is 14.0. The number of rotatable bonds is 5. The lowest BCUT2D eigenvalue weighted by molar-refractivity contribution is 0.0886. The molecule has 1 aromatic rings. The van der Waals surface area contributed by atoms with Crippen LogP contribution in [0.1, 0.15) is 37.2 Å². The first-order chi connectivity index (χ1) is 10.0. The Kier molecular flexibility index (Phi) is 5.12. The number of nitrogens with one attached hydrogen (secondary N) is 2. The van der Waals surface area contributed by atoms with Gasteiger partial charge in [-0.25, -0.2) is 0 Å². The second-order valence-electron chi connectivity index (χ2n) is 6.13. The van der Waals surface area contributed by atoms with Gasteiger partial charge in [-0.3, -0.25) is 4.79 Å². The number of hydrogen-bond donors (Lipinski definition) is 2. The molecule has 1 saturated heterocycles. The summed E-state index contributed by atoms with van der Waals surface area (Å²) < 4.78 is 0. The number of likely N-dealkylation sites (tertiary alicyclic amines) is 1. The molecule has 2 rings (SSSR count). The van der Waals surface area contributed by atoms with E-state index in [2.05, 4.69) is 39.7 Å².